The van der Waals surface area contributed by atoms with Gasteiger partial charge in [0.05, 0.1) is 19.8 Å². The highest BCUT2D eigenvalue weighted by molar-refractivity contribution is 4.27. The van der Waals surface area contributed by atoms with Gasteiger partial charge < -0.3 is 9.47 Å². The van der Waals surface area contributed by atoms with Crippen molar-refractivity contribution >= 4 is 0 Å². The molecule has 0 aliphatic rings. The average Bonchev–Trinajstić information content (AvgIpc) is 2.03. The maximum absolute atomic E-state index is 9.71. The summed E-state index contributed by atoms with van der Waals surface area (Å²) in [6, 6.07) is 0. The Bertz CT molecular complexity index is 60.0. The van der Waals surface area contributed by atoms with Crippen molar-refractivity contribution in [2.45, 2.75) is 0 Å². The molecule has 0 aromatic carbocycles. The fourth-order valence-electron chi connectivity index (χ4n) is 0.409. The van der Waals surface area contributed by atoms with Gasteiger partial charge in [0.1, 0.15) is 6.61 Å². The summed E-state index contributed by atoms with van der Waals surface area (Å²) in [4.78, 5) is 4.07. The van der Waals surface area contributed by atoms with Gasteiger partial charge in [-0.2, -0.15) is 0 Å². The second-order valence-electron chi connectivity index (χ2n) is 1.53. The summed E-state index contributed by atoms with van der Waals surface area (Å²) in [6.45, 7) is 0.455. The van der Waals surface area contributed by atoms with E-state index in [1.54, 1.807) is 0 Å². The molecule has 1 radical (unpaired) electrons. The van der Waals surface area contributed by atoms with Crippen molar-refractivity contribution in [2.75, 3.05) is 33.2 Å². The maximum atomic E-state index is 9.71. The van der Waals surface area contributed by atoms with Gasteiger partial charge in [0.15, 0.2) is 6.79 Å². The lowest BCUT2D eigenvalue weighted by molar-refractivity contribution is -0.491. The molecule has 6 nitrogen and oxygen atoms in total. The summed E-state index contributed by atoms with van der Waals surface area (Å²) in [6.07, 6.45) is 0. The first-order valence-electron chi connectivity index (χ1n) is 3.08. The minimum Gasteiger partial charge on any atom is -0.377 e. The van der Waals surface area contributed by atoms with E-state index in [2.05, 4.69) is 14.7 Å². The zero-order chi connectivity index (χ0) is 8.36. The van der Waals surface area contributed by atoms with Crippen molar-refractivity contribution in [3.05, 3.63) is 0 Å². The minimum absolute atomic E-state index is 0.133. The van der Waals surface area contributed by atoms with Gasteiger partial charge >= 0.3 is 0 Å². The molecule has 0 aromatic heterocycles. The normalized spacial score (nSPS) is 10.4. The molecule has 0 aliphatic heterocycles. The monoisotopic (exact) mass is 167 g/mol. The van der Waals surface area contributed by atoms with Crippen LogP contribution in [0.15, 0.2) is 0 Å². The van der Waals surface area contributed by atoms with Crippen LogP contribution in [0, 0.1) is 0 Å². The van der Waals surface area contributed by atoms with Gasteiger partial charge in [-0.05, 0) is 0 Å². The summed E-state index contributed by atoms with van der Waals surface area (Å²) in [5.74, 6) is 0. The van der Waals surface area contributed by atoms with Gasteiger partial charge in [0, 0.05) is 0 Å². The third-order valence-electron chi connectivity index (χ3n) is 0.819. The van der Waals surface area contributed by atoms with E-state index in [9.17, 15) is 5.11 Å². The molecule has 0 rings (SSSR count). The molecule has 0 fully saturated rings. The molecule has 0 atom stereocenters. The van der Waals surface area contributed by atoms with Crippen LogP contribution in [0.3, 0.4) is 0 Å². The Morgan fingerprint density at radius 1 is 1.00 bits per heavy atom. The van der Waals surface area contributed by atoms with Crippen LogP contribution < -0.4 is 0 Å². The highest BCUT2D eigenvalue weighted by atomic mass is 17.5. The molecule has 6 heteroatoms. The Labute approximate surface area is 64.1 Å². The van der Waals surface area contributed by atoms with Gasteiger partial charge in [-0.3, -0.25) is 0 Å². The predicted molar refractivity (Wildman–Crippen MR) is 32.0 cm³/mol. The van der Waals surface area contributed by atoms with E-state index in [-0.39, 0.29) is 19.8 Å². The van der Waals surface area contributed by atoms with Crippen LogP contribution in [0.1, 0.15) is 0 Å². The first kappa shape index (κ1) is 10.8. The highest BCUT2D eigenvalue weighted by Crippen LogP contribution is 1.79. The Morgan fingerprint density at radius 3 is 2.27 bits per heavy atom. The Kier molecular flexibility index (Phi) is 9.55. The summed E-state index contributed by atoms with van der Waals surface area (Å²) < 4.78 is 9.30. The highest BCUT2D eigenvalue weighted by Gasteiger charge is 1.89. The zero-order valence-corrected chi connectivity index (χ0v) is 6.02. The van der Waals surface area contributed by atoms with E-state index >= 15 is 0 Å². The summed E-state index contributed by atoms with van der Waals surface area (Å²) in [7, 11) is 0. The van der Waals surface area contributed by atoms with Gasteiger partial charge in [0.2, 0.25) is 0 Å². The fraction of sp³-hybridized carbons (Fsp3) is 1.00. The van der Waals surface area contributed by atoms with E-state index in [0.717, 1.165) is 0 Å². The van der Waals surface area contributed by atoms with Crippen LogP contribution >= 0.6 is 0 Å². The second kappa shape index (κ2) is 9.76. The molecule has 0 saturated carbocycles. The van der Waals surface area contributed by atoms with Gasteiger partial charge in [-0.15, -0.1) is 0 Å². The largest absolute Gasteiger partial charge is 0.377 e. The van der Waals surface area contributed by atoms with Crippen molar-refractivity contribution < 1.29 is 29.8 Å². The lowest BCUT2D eigenvalue weighted by atomic mass is 10.7. The van der Waals surface area contributed by atoms with Crippen molar-refractivity contribution in [3.8, 4) is 0 Å². The van der Waals surface area contributed by atoms with E-state index in [1.165, 1.54) is 0 Å². The minimum atomic E-state index is -0.556. The summed E-state index contributed by atoms with van der Waals surface area (Å²) in [5.41, 5.74) is 0. The van der Waals surface area contributed by atoms with E-state index in [1.807, 2.05) is 0 Å². The molecular formula is C5H11O6. The molecule has 0 heterocycles. The summed E-state index contributed by atoms with van der Waals surface area (Å²) >= 11 is 0. The molecule has 0 unspecified atom stereocenters. The molecule has 0 saturated heterocycles. The maximum Gasteiger partial charge on any atom is 0.180 e. The van der Waals surface area contributed by atoms with Crippen LogP contribution in [0.5, 0.6) is 0 Å². The lowest BCUT2D eigenvalue weighted by Crippen LogP contribution is -2.09. The molecule has 0 aliphatic carbocycles. The van der Waals surface area contributed by atoms with E-state index < -0.39 is 6.79 Å². The molecule has 67 valence electrons. The van der Waals surface area contributed by atoms with Crippen LogP contribution in [0.2, 0.25) is 0 Å². The SMILES string of the molecule is [O]COCCOCCOOO. The van der Waals surface area contributed by atoms with Gasteiger partial charge in [-0.25, -0.2) is 15.3 Å². The summed E-state index contributed by atoms with van der Waals surface area (Å²) in [5, 5.41) is 20.7. The van der Waals surface area contributed by atoms with Crippen molar-refractivity contribution in [2.24, 2.45) is 0 Å². The third-order valence-corrected chi connectivity index (χ3v) is 0.819. The fourth-order valence-corrected chi connectivity index (χ4v) is 0.409. The predicted octanol–water partition coefficient (Wildman–Crippen LogP) is -0.171. The molecule has 0 bridgehead atoms. The van der Waals surface area contributed by atoms with Crippen LogP contribution in [-0.4, -0.2) is 38.5 Å². The van der Waals surface area contributed by atoms with Crippen molar-refractivity contribution in [1.29, 1.82) is 0 Å². The van der Waals surface area contributed by atoms with Crippen LogP contribution in [0.25, 0.3) is 0 Å². The Balaban J connectivity index is 2.69. The number of hydrogen-bond donors (Lipinski definition) is 1. The van der Waals surface area contributed by atoms with Crippen LogP contribution in [-0.2, 0) is 24.5 Å². The van der Waals surface area contributed by atoms with E-state index in [4.69, 9.17) is 9.99 Å². The van der Waals surface area contributed by atoms with Crippen molar-refractivity contribution in [3.63, 3.8) is 0 Å². The standard InChI is InChI=1S/C5H11O6/c6-5-9-2-1-8-3-4-10-11-7/h7H,1-5H2. The quantitative estimate of drug-likeness (QED) is 0.235. The number of hydrogen-bond acceptors (Lipinski definition) is 5. The molecule has 1 N–H and O–H groups in total. The average molecular weight is 167 g/mol. The Morgan fingerprint density at radius 2 is 1.64 bits per heavy atom. The second-order valence-corrected chi connectivity index (χ2v) is 1.53. The molecule has 0 aromatic rings. The molecule has 0 spiro atoms. The van der Waals surface area contributed by atoms with Gasteiger partial charge in [0.25, 0.3) is 0 Å². The van der Waals surface area contributed by atoms with E-state index in [0.29, 0.717) is 6.61 Å². The van der Waals surface area contributed by atoms with Crippen molar-refractivity contribution in [1.82, 2.24) is 0 Å². The Hall–Kier alpha value is -0.240. The molecule has 0 amide bonds. The third kappa shape index (κ3) is 9.76. The number of rotatable bonds is 8. The zero-order valence-electron chi connectivity index (χ0n) is 6.02. The molecule has 11 heavy (non-hydrogen) atoms. The first-order valence-corrected chi connectivity index (χ1v) is 3.08. The number of ether oxygens (including phenoxy) is 2. The van der Waals surface area contributed by atoms with Gasteiger partial charge in [-0.1, -0.05) is 5.04 Å². The first-order chi connectivity index (χ1) is 5.41. The topological polar surface area (TPSA) is 77.1 Å². The smallest absolute Gasteiger partial charge is 0.180 e. The lowest BCUT2D eigenvalue weighted by Gasteiger charge is -2.01. The molecular weight excluding hydrogens is 156 g/mol. The van der Waals surface area contributed by atoms with Crippen LogP contribution in [0.4, 0.5) is 0 Å².